The lowest BCUT2D eigenvalue weighted by atomic mass is 10.0. The first kappa shape index (κ1) is 15.4. The molecule has 1 aromatic rings. The van der Waals surface area contributed by atoms with E-state index in [1.54, 1.807) is 13.1 Å². The van der Waals surface area contributed by atoms with Gasteiger partial charge in [-0.1, -0.05) is 6.07 Å². The monoisotopic (exact) mass is 328 g/mol. The van der Waals surface area contributed by atoms with E-state index in [4.69, 9.17) is 0 Å². The maximum absolute atomic E-state index is 12.5. The van der Waals surface area contributed by atoms with Crippen LogP contribution in [0.1, 0.15) is 26.2 Å². The summed E-state index contributed by atoms with van der Waals surface area (Å²) in [7, 11) is 0. The van der Waals surface area contributed by atoms with Crippen LogP contribution in [0.3, 0.4) is 0 Å². The molecule has 2 amide bonds. The maximum atomic E-state index is 12.5. The second kappa shape index (κ2) is 6.07. The molecule has 3 fully saturated rings. The molecule has 1 aliphatic carbocycles. The van der Waals surface area contributed by atoms with Gasteiger partial charge in [0.25, 0.3) is 0 Å². The fourth-order valence-electron chi connectivity index (χ4n) is 4.13. The Balaban J connectivity index is 1.45. The number of carbonyl (C=O) groups excluding carboxylic acids is 2. The van der Waals surface area contributed by atoms with Gasteiger partial charge in [-0.25, -0.2) is 4.98 Å². The number of rotatable bonds is 4. The molecule has 0 spiro atoms. The van der Waals surface area contributed by atoms with E-state index in [1.807, 2.05) is 23.1 Å². The van der Waals surface area contributed by atoms with Crippen LogP contribution in [0.5, 0.6) is 0 Å². The molecule has 2 saturated heterocycles. The predicted molar refractivity (Wildman–Crippen MR) is 90.4 cm³/mol. The quantitative estimate of drug-likeness (QED) is 0.897. The molecular weight excluding hydrogens is 304 g/mol. The highest BCUT2D eigenvalue weighted by molar-refractivity contribution is 5.88. The molecule has 2 aliphatic heterocycles. The summed E-state index contributed by atoms with van der Waals surface area (Å²) in [5.74, 6) is 1.96. The summed E-state index contributed by atoms with van der Waals surface area (Å²) >= 11 is 0. The van der Waals surface area contributed by atoms with Crippen molar-refractivity contribution < 1.29 is 9.59 Å². The van der Waals surface area contributed by atoms with Crippen LogP contribution < -0.4 is 10.2 Å². The number of pyridine rings is 1. The number of nitrogens with zero attached hydrogens (tertiary/aromatic N) is 3. The van der Waals surface area contributed by atoms with Crippen LogP contribution in [0.2, 0.25) is 0 Å². The first-order chi connectivity index (χ1) is 11.6. The minimum absolute atomic E-state index is 0.00283. The van der Waals surface area contributed by atoms with Crippen molar-refractivity contribution in [3.63, 3.8) is 0 Å². The van der Waals surface area contributed by atoms with Gasteiger partial charge < -0.3 is 15.1 Å². The molecule has 0 bridgehead atoms. The average Bonchev–Trinajstić information content (AvgIpc) is 3.20. The van der Waals surface area contributed by atoms with Gasteiger partial charge in [-0.2, -0.15) is 0 Å². The van der Waals surface area contributed by atoms with Gasteiger partial charge >= 0.3 is 0 Å². The molecule has 0 radical (unpaired) electrons. The summed E-state index contributed by atoms with van der Waals surface area (Å²) < 4.78 is 0. The smallest absolute Gasteiger partial charge is 0.242 e. The van der Waals surface area contributed by atoms with E-state index < -0.39 is 0 Å². The number of fused-ring (bicyclic) bond motifs is 1. The molecule has 3 heterocycles. The number of amides is 2. The SMILES string of the molecule is CC(=O)N1[C@@H]2CN(c3ccccn3)C[C@@H]2C[C@H]1C(=O)NCC1CC1. The van der Waals surface area contributed by atoms with E-state index in [2.05, 4.69) is 15.2 Å². The fourth-order valence-corrected chi connectivity index (χ4v) is 4.13. The van der Waals surface area contributed by atoms with E-state index in [-0.39, 0.29) is 23.9 Å². The largest absolute Gasteiger partial charge is 0.354 e. The molecule has 4 rings (SSSR count). The molecular formula is C18H24N4O2. The second-order valence-corrected chi connectivity index (χ2v) is 7.29. The fraction of sp³-hybridized carbons (Fsp3) is 0.611. The maximum Gasteiger partial charge on any atom is 0.242 e. The Kier molecular flexibility index (Phi) is 3.90. The number of aromatic nitrogens is 1. The van der Waals surface area contributed by atoms with Gasteiger partial charge in [0.15, 0.2) is 0 Å². The minimum atomic E-state index is -0.304. The van der Waals surface area contributed by atoms with Gasteiger partial charge in [-0.05, 0) is 37.3 Å². The average molecular weight is 328 g/mol. The van der Waals surface area contributed by atoms with Crippen LogP contribution in [-0.4, -0.2) is 53.4 Å². The Morgan fingerprint density at radius 1 is 1.29 bits per heavy atom. The highest BCUT2D eigenvalue weighted by atomic mass is 16.2. The van der Waals surface area contributed by atoms with E-state index in [0.29, 0.717) is 11.8 Å². The van der Waals surface area contributed by atoms with E-state index in [1.165, 1.54) is 12.8 Å². The van der Waals surface area contributed by atoms with Gasteiger partial charge in [0.1, 0.15) is 11.9 Å². The molecule has 1 N–H and O–H groups in total. The highest BCUT2D eigenvalue weighted by Crippen LogP contribution is 2.37. The number of carbonyl (C=O) groups is 2. The van der Waals surface area contributed by atoms with Crippen LogP contribution in [0.4, 0.5) is 5.82 Å². The molecule has 6 nitrogen and oxygen atoms in total. The van der Waals surface area contributed by atoms with Gasteiger partial charge in [0.05, 0.1) is 6.04 Å². The van der Waals surface area contributed by atoms with Crippen molar-refractivity contribution in [1.82, 2.24) is 15.2 Å². The first-order valence-electron chi connectivity index (χ1n) is 8.86. The summed E-state index contributed by atoms with van der Waals surface area (Å²) in [6, 6.07) is 5.69. The number of nitrogens with one attached hydrogen (secondary N) is 1. The molecule has 6 heteroatoms. The third-order valence-electron chi connectivity index (χ3n) is 5.53. The summed E-state index contributed by atoms with van der Waals surface area (Å²) in [6.07, 6.45) is 4.97. The van der Waals surface area contributed by atoms with Crippen LogP contribution in [-0.2, 0) is 9.59 Å². The Hall–Kier alpha value is -2.11. The summed E-state index contributed by atoms with van der Waals surface area (Å²) in [5, 5.41) is 3.04. The highest BCUT2D eigenvalue weighted by Gasteiger charge is 2.50. The second-order valence-electron chi connectivity index (χ2n) is 7.29. The van der Waals surface area contributed by atoms with Crippen LogP contribution in [0, 0.1) is 11.8 Å². The van der Waals surface area contributed by atoms with Crippen molar-refractivity contribution in [2.24, 2.45) is 11.8 Å². The van der Waals surface area contributed by atoms with Crippen LogP contribution in [0.25, 0.3) is 0 Å². The van der Waals surface area contributed by atoms with Crippen LogP contribution >= 0.6 is 0 Å². The standard InChI is InChI=1S/C18H24N4O2/c1-12(23)22-15(18(24)20-9-13-5-6-13)8-14-10-21(11-16(14)22)17-4-2-3-7-19-17/h2-4,7,13-16H,5-6,8-11H2,1H3,(H,20,24)/t14-,15-,16+/m0/s1. The third kappa shape index (κ3) is 2.85. The Labute approximate surface area is 142 Å². The Bertz CT molecular complexity index is 631. The van der Waals surface area contributed by atoms with E-state index in [9.17, 15) is 9.59 Å². The molecule has 3 aliphatic rings. The molecule has 0 aromatic carbocycles. The Morgan fingerprint density at radius 2 is 2.12 bits per heavy atom. The van der Waals surface area contributed by atoms with Gasteiger partial charge in [-0.15, -0.1) is 0 Å². The lowest BCUT2D eigenvalue weighted by Gasteiger charge is -2.29. The molecule has 1 saturated carbocycles. The normalized spacial score (nSPS) is 28.8. The van der Waals surface area contributed by atoms with Crippen LogP contribution in [0.15, 0.2) is 24.4 Å². The van der Waals surface area contributed by atoms with Crippen molar-refractivity contribution in [2.45, 2.75) is 38.3 Å². The zero-order valence-electron chi connectivity index (χ0n) is 14.0. The predicted octanol–water partition coefficient (Wildman–Crippen LogP) is 1.03. The zero-order valence-corrected chi connectivity index (χ0v) is 14.0. The third-order valence-corrected chi connectivity index (χ3v) is 5.53. The lowest BCUT2D eigenvalue weighted by molar-refractivity contribution is -0.138. The number of hydrogen-bond acceptors (Lipinski definition) is 4. The Morgan fingerprint density at radius 3 is 2.79 bits per heavy atom. The minimum Gasteiger partial charge on any atom is -0.354 e. The first-order valence-corrected chi connectivity index (χ1v) is 8.86. The molecule has 0 unspecified atom stereocenters. The van der Waals surface area contributed by atoms with E-state index >= 15 is 0 Å². The van der Waals surface area contributed by atoms with Gasteiger partial charge in [-0.3, -0.25) is 9.59 Å². The van der Waals surface area contributed by atoms with Crippen molar-refractivity contribution in [3.8, 4) is 0 Å². The van der Waals surface area contributed by atoms with Crippen molar-refractivity contribution in [2.75, 3.05) is 24.5 Å². The number of anilines is 1. The molecule has 3 atom stereocenters. The molecule has 1 aromatic heterocycles. The molecule has 128 valence electrons. The molecule has 24 heavy (non-hydrogen) atoms. The van der Waals surface area contributed by atoms with Gasteiger partial charge in [0, 0.05) is 38.7 Å². The number of hydrogen-bond donors (Lipinski definition) is 1. The van der Waals surface area contributed by atoms with Crippen molar-refractivity contribution in [1.29, 1.82) is 0 Å². The lowest BCUT2D eigenvalue weighted by Crippen LogP contribution is -2.50. The zero-order chi connectivity index (χ0) is 16.7. The van der Waals surface area contributed by atoms with Crippen molar-refractivity contribution >= 4 is 17.6 Å². The summed E-state index contributed by atoms with van der Waals surface area (Å²) in [6.45, 7) is 3.95. The summed E-state index contributed by atoms with van der Waals surface area (Å²) in [5.41, 5.74) is 0. The van der Waals surface area contributed by atoms with Gasteiger partial charge in [0.2, 0.25) is 11.8 Å². The topological polar surface area (TPSA) is 65.5 Å². The van der Waals surface area contributed by atoms with E-state index in [0.717, 1.165) is 31.9 Å². The number of likely N-dealkylation sites (tertiary alicyclic amines) is 1. The summed E-state index contributed by atoms with van der Waals surface area (Å²) in [4.78, 5) is 33.2. The van der Waals surface area contributed by atoms with Crippen molar-refractivity contribution in [3.05, 3.63) is 24.4 Å².